The van der Waals surface area contributed by atoms with Crippen molar-refractivity contribution in [2.24, 2.45) is 0 Å². The van der Waals surface area contributed by atoms with E-state index in [-0.39, 0.29) is 16.1 Å². The van der Waals surface area contributed by atoms with Crippen molar-refractivity contribution >= 4 is 17.4 Å². The summed E-state index contributed by atoms with van der Waals surface area (Å²) >= 11 is 2.02. The van der Waals surface area contributed by atoms with Crippen molar-refractivity contribution in [3.63, 3.8) is 0 Å². The molecule has 2 aliphatic rings. The molecule has 2 aliphatic heterocycles. The zero-order chi connectivity index (χ0) is 16.1. The summed E-state index contributed by atoms with van der Waals surface area (Å²) in [5.74, 6) is 2.35. The summed E-state index contributed by atoms with van der Waals surface area (Å²) in [6.45, 7) is 5.22. The molecule has 7 heteroatoms. The molecule has 1 aromatic rings. The zero-order valence-corrected chi connectivity index (χ0v) is 14.0. The lowest BCUT2D eigenvalue weighted by Gasteiger charge is -2.43. The first-order valence-electron chi connectivity index (χ1n) is 8.04. The molecule has 2 heterocycles. The molecule has 0 aliphatic carbocycles. The molecule has 0 aromatic heterocycles. The smallest absolute Gasteiger partial charge is 0.269 e. The van der Waals surface area contributed by atoms with Crippen molar-refractivity contribution in [3.05, 3.63) is 39.9 Å². The molecule has 126 valence electrons. The summed E-state index contributed by atoms with van der Waals surface area (Å²) in [5.41, 5.74) is 1.32. The molecule has 6 nitrogen and oxygen atoms in total. The van der Waals surface area contributed by atoms with Crippen LogP contribution in [0.3, 0.4) is 0 Å². The maximum absolute atomic E-state index is 10.9. The van der Waals surface area contributed by atoms with Crippen molar-refractivity contribution in [2.45, 2.75) is 18.5 Å². The summed E-state index contributed by atoms with van der Waals surface area (Å²) in [6, 6.07) is 6.87. The number of non-ortho nitro benzene ring substituents is 1. The van der Waals surface area contributed by atoms with Gasteiger partial charge in [-0.3, -0.25) is 15.0 Å². The van der Waals surface area contributed by atoms with Crippen molar-refractivity contribution in [1.29, 1.82) is 0 Å². The molecule has 1 aromatic carbocycles. The van der Waals surface area contributed by atoms with Gasteiger partial charge >= 0.3 is 0 Å². The fourth-order valence-corrected chi connectivity index (χ4v) is 4.83. The van der Waals surface area contributed by atoms with Crippen LogP contribution in [0, 0.1) is 10.1 Å². The highest BCUT2D eigenvalue weighted by molar-refractivity contribution is 7.99. The van der Waals surface area contributed by atoms with Crippen LogP contribution in [0.5, 0.6) is 0 Å². The molecule has 0 bridgehead atoms. The topological polar surface area (TPSA) is 67.6 Å². The van der Waals surface area contributed by atoms with Gasteiger partial charge in [-0.15, -0.1) is 0 Å². The van der Waals surface area contributed by atoms with Gasteiger partial charge in [0.05, 0.1) is 18.1 Å². The molecule has 0 unspecified atom stereocenters. The average Bonchev–Trinajstić information content (AvgIpc) is 3.06. The molecule has 23 heavy (non-hydrogen) atoms. The third kappa shape index (κ3) is 4.03. The number of thioether (sulfide) groups is 1. The molecule has 2 saturated heterocycles. The summed E-state index contributed by atoms with van der Waals surface area (Å²) in [6.07, 6.45) is 1.19. The van der Waals surface area contributed by atoms with E-state index in [1.165, 1.54) is 18.2 Å². The van der Waals surface area contributed by atoms with Gasteiger partial charge in [0.25, 0.3) is 5.69 Å². The SMILES string of the molecule is O=[N+]([O-])c1cccc(CNC[C@]2(N3CCOCC3)CCSC2)c1. The second-order valence-corrected chi connectivity index (χ2v) is 7.26. The lowest BCUT2D eigenvalue weighted by molar-refractivity contribution is -0.384. The van der Waals surface area contributed by atoms with Crippen LogP contribution in [0.1, 0.15) is 12.0 Å². The zero-order valence-electron chi connectivity index (χ0n) is 13.2. The van der Waals surface area contributed by atoms with Gasteiger partial charge in [0.2, 0.25) is 0 Å². The molecular formula is C16H23N3O3S. The molecule has 0 spiro atoms. The second kappa shape index (κ2) is 7.61. The normalized spacial score (nSPS) is 25.6. The third-order valence-electron chi connectivity index (χ3n) is 4.67. The minimum absolute atomic E-state index is 0.156. The standard InChI is InChI=1S/C16H23N3O3S/c20-19(21)15-3-1-2-14(10-15)11-17-12-16(4-9-23-13-16)18-5-7-22-8-6-18/h1-3,10,17H,4-9,11-13H2/t16-/m1/s1. The van der Waals surface area contributed by atoms with Crippen LogP contribution < -0.4 is 5.32 Å². The number of hydrogen-bond donors (Lipinski definition) is 1. The predicted octanol–water partition coefficient (Wildman–Crippen LogP) is 1.89. The Kier molecular flexibility index (Phi) is 5.53. The average molecular weight is 337 g/mol. The molecule has 1 atom stereocenters. The fourth-order valence-electron chi connectivity index (χ4n) is 3.35. The van der Waals surface area contributed by atoms with Crippen LogP contribution in [-0.4, -0.2) is 59.7 Å². The highest BCUT2D eigenvalue weighted by atomic mass is 32.2. The lowest BCUT2D eigenvalue weighted by atomic mass is 9.95. The molecule has 0 saturated carbocycles. The number of hydrogen-bond acceptors (Lipinski definition) is 6. The van der Waals surface area contributed by atoms with E-state index in [2.05, 4.69) is 10.2 Å². The Labute approximate surface area is 140 Å². The Morgan fingerprint density at radius 3 is 2.91 bits per heavy atom. The van der Waals surface area contributed by atoms with E-state index < -0.39 is 0 Å². The number of nitro benzene ring substituents is 1. The van der Waals surface area contributed by atoms with Gasteiger partial charge in [0.1, 0.15) is 0 Å². The van der Waals surface area contributed by atoms with Gasteiger partial charge in [-0.25, -0.2) is 0 Å². The number of nitrogens with zero attached hydrogens (tertiary/aromatic N) is 2. The van der Waals surface area contributed by atoms with Gasteiger partial charge in [-0.05, 0) is 17.7 Å². The summed E-state index contributed by atoms with van der Waals surface area (Å²) in [7, 11) is 0. The van der Waals surface area contributed by atoms with Crippen LogP contribution in [-0.2, 0) is 11.3 Å². The minimum Gasteiger partial charge on any atom is -0.379 e. The van der Waals surface area contributed by atoms with Crippen LogP contribution >= 0.6 is 11.8 Å². The largest absolute Gasteiger partial charge is 0.379 e. The highest BCUT2D eigenvalue weighted by Crippen LogP contribution is 2.33. The first kappa shape index (κ1) is 16.7. The quantitative estimate of drug-likeness (QED) is 0.632. The third-order valence-corrected chi connectivity index (χ3v) is 5.90. The van der Waals surface area contributed by atoms with E-state index in [0.29, 0.717) is 6.54 Å². The molecular weight excluding hydrogens is 314 g/mol. The van der Waals surface area contributed by atoms with Gasteiger partial charge in [0.15, 0.2) is 0 Å². The van der Waals surface area contributed by atoms with Gasteiger partial charge in [-0.2, -0.15) is 11.8 Å². The Morgan fingerprint density at radius 1 is 1.39 bits per heavy atom. The Balaban J connectivity index is 1.59. The van der Waals surface area contributed by atoms with Gasteiger partial charge in [-0.1, -0.05) is 12.1 Å². The first-order chi connectivity index (χ1) is 11.2. The first-order valence-corrected chi connectivity index (χ1v) is 9.20. The van der Waals surface area contributed by atoms with E-state index >= 15 is 0 Å². The highest BCUT2D eigenvalue weighted by Gasteiger charge is 2.40. The fraction of sp³-hybridized carbons (Fsp3) is 0.625. The summed E-state index contributed by atoms with van der Waals surface area (Å²) in [5, 5.41) is 14.4. The minimum atomic E-state index is -0.341. The number of rotatable bonds is 6. The van der Waals surface area contributed by atoms with Crippen LogP contribution in [0.25, 0.3) is 0 Å². The predicted molar refractivity (Wildman–Crippen MR) is 91.9 cm³/mol. The van der Waals surface area contributed by atoms with Crippen LogP contribution in [0.2, 0.25) is 0 Å². The molecule has 2 fully saturated rings. The summed E-state index contributed by atoms with van der Waals surface area (Å²) in [4.78, 5) is 13.1. The van der Waals surface area contributed by atoms with Crippen molar-refractivity contribution in [3.8, 4) is 0 Å². The van der Waals surface area contributed by atoms with E-state index in [0.717, 1.165) is 44.2 Å². The van der Waals surface area contributed by atoms with E-state index in [9.17, 15) is 10.1 Å². The number of ether oxygens (including phenoxy) is 1. The van der Waals surface area contributed by atoms with Crippen LogP contribution in [0.4, 0.5) is 5.69 Å². The lowest BCUT2D eigenvalue weighted by Crippen LogP contribution is -2.58. The number of nitrogens with one attached hydrogen (secondary N) is 1. The monoisotopic (exact) mass is 337 g/mol. The van der Waals surface area contributed by atoms with E-state index in [4.69, 9.17) is 4.74 Å². The van der Waals surface area contributed by atoms with E-state index in [1.54, 1.807) is 12.1 Å². The van der Waals surface area contributed by atoms with Crippen molar-refractivity contribution in [2.75, 3.05) is 44.4 Å². The maximum atomic E-state index is 10.9. The Bertz CT molecular complexity index is 543. The van der Waals surface area contributed by atoms with Crippen molar-refractivity contribution < 1.29 is 9.66 Å². The Morgan fingerprint density at radius 2 is 2.22 bits per heavy atom. The second-order valence-electron chi connectivity index (χ2n) is 6.16. The van der Waals surface area contributed by atoms with Crippen molar-refractivity contribution in [1.82, 2.24) is 10.2 Å². The Hall–Kier alpha value is -1.15. The van der Waals surface area contributed by atoms with Gasteiger partial charge < -0.3 is 10.1 Å². The maximum Gasteiger partial charge on any atom is 0.269 e. The van der Waals surface area contributed by atoms with Gasteiger partial charge in [0, 0.05) is 49.6 Å². The molecule has 1 N–H and O–H groups in total. The number of benzene rings is 1. The van der Waals surface area contributed by atoms with E-state index in [1.807, 2.05) is 17.8 Å². The molecule has 3 rings (SSSR count). The number of morpholine rings is 1. The van der Waals surface area contributed by atoms with Crippen LogP contribution in [0.15, 0.2) is 24.3 Å². The molecule has 0 amide bonds. The summed E-state index contributed by atoms with van der Waals surface area (Å²) < 4.78 is 5.48. The molecule has 0 radical (unpaired) electrons. The number of nitro groups is 1.